The van der Waals surface area contributed by atoms with Gasteiger partial charge in [0.05, 0.1) is 18.0 Å². The van der Waals surface area contributed by atoms with Gasteiger partial charge < -0.3 is 14.6 Å². The van der Waals surface area contributed by atoms with E-state index in [1.54, 1.807) is 43.0 Å². The first-order valence-corrected chi connectivity index (χ1v) is 10.7. The van der Waals surface area contributed by atoms with Crippen LogP contribution in [0.25, 0.3) is 22.3 Å². The van der Waals surface area contributed by atoms with Crippen molar-refractivity contribution >= 4 is 22.8 Å². The summed E-state index contributed by atoms with van der Waals surface area (Å²) in [5, 5.41) is 12.2. The summed E-state index contributed by atoms with van der Waals surface area (Å²) in [6, 6.07) is 17.3. The maximum Gasteiger partial charge on any atom is 0.250 e. The standard InChI is InChI=1S/C26H21N7O/c1-16-12-20(19-8-10-28-11-9-19)13-17(2)23(16)34-25-22-24(29-15-33(22)3)31-26(32-25)30-21-6-4-18(14-27)5-7-21/h4-13,15H,1-3H3,(H,30,31,32). The fraction of sp³-hybridized carbons (Fsp3) is 0.115. The van der Waals surface area contributed by atoms with Gasteiger partial charge >= 0.3 is 0 Å². The van der Waals surface area contributed by atoms with E-state index in [2.05, 4.69) is 43.5 Å². The Bertz CT molecular complexity index is 1510. The third-order valence-corrected chi connectivity index (χ3v) is 5.48. The molecule has 5 rings (SSSR count). The number of ether oxygens (including phenoxy) is 1. The molecule has 0 aliphatic rings. The van der Waals surface area contributed by atoms with Crippen molar-refractivity contribution in [2.24, 2.45) is 7.05 Å². The van der Waals surface area contributed by atoms with Crippen molar-refractivity contribution in [2.45, 2.75) is 13.8 Å². The van der Waals surface area contributed by atoms with E-state index in [1.165, 1.54) is 0 Å². The number of hydrogen-bond donors (Lipinski definition) is 1. The molecule has 3 aromatic heterocycles. The highest BCUT2D eigenvalue weighted by Crippen LogP contribution is 2.35. The third-order valence-electron chi connectivity index (χ3n) is 5.48. The number of aryl methyl sites for hydroxylation is 3. The van der Waals surface area contributed by atoms with Crippen LogP contribution in [0.2, 0.25) is 0 Å². The van der Waals surface area contributed by atoms with Crippen LogP contribution in [0.5, 0.6) is 11.6 Å². The van der Waals surface area contributed by atoms with E-state index < -0.39 is 0 Å². The molecule has 1 N–H and O–H groups in total. The van der Waals surface area contributed by atoms with Gasteiger partial charge in [-0.3, -0.25) is 4.98 Å². The molecule has 0 unspecified atom stereocenters. The van der Waals surface area contributed by atoms with Gasteiger partial charge in [0.25, 0.3) is 5.88 Å². The van der Waals surface area contributed by atoms with Gasteiger partial charge in [0.2, 0.25) is 5.95 Å². The van der Waals surface area contributed by atoms with E-state index in [9.17, 15) is 0 Å². The lowest BCUT2D eigenvalue weighted by Crippen LogP contribution is -2.02. The summed E-state index contributed by atoms with van der Waals surface area (Å²) in [6.45, 7) is 4.04. The first kappa shape index (κ1) is 21.1. The lowest BCUT2D eigenvalue weighted by molar-refractivity contribution is 0.459. The Kier molecular flexibility index (Phi) is 5.36. The van der Waals surface area contributed by atoms with E-state index >= 15 is 0 Å². The van der Waals surface area contributed by atoms with Crippen LogP contribution in [-0.2, 0) is 7.05 Å². The Morgan fingerprint density at radius 1 is 0.941 bits per heavy atom. The van der Waals surface area contributed by atoms with Gasteiger partial charge in [-0.05, 0) is 84.6 Å². The van der Waals surface area contributed by atoms with Gasteiger partial charge in [0.15, 0.2) is 11.2 Å². The highest BCUT2D eigenvalue weighted by molar-refractivity contribution is 5.79. The minimum Gasteiger partial charge on any atom is -0.436 e. The lowest BCUT2D eigenvalue weighted by atomic mass is 10.0. The number of nitriles is 1. The first-order chi connectivity index (χ1) is 16.5. The van der Waals surface area contributed by atoms with Crippen LogP contribution in [0.15, 0.2) is 67.3 Å². The van der Waals surface area contributed by atoms with Gasteiger partial charge in [0.1, 0.15) is 5.75 Å². The SMILES string of the molecule is Cc1cc(-c2ccncc2)cc(C)c1Oc1nc(Nc2ccc(C#N)cc2)nc2ncn(C)c12. The van der Waals surface area contributed by atoms with Crippen molar-refractivity contribution in [1.29, 1.82) is 5.26 Å². The number of imidazole rings is 1. The van der Waals surface area contributed by atoms with Crippen LogP contribution in [-0.4, -0.2) is 24.5 Å². The second-order valence-electron chi connectivity index (χ2n) is 7.97. The molecular weight excluding hydrogens is 426 g/mol. The Morgan fingerprint density at radius 3 is 2.32 bits per heavy atom. The topological polar surface area (TPSA) is 102 Å². The monoisotopic (exact) mass is 447 g/mol. The normalized spacial score (nSPS) is 10.8. The Balaban J connectivity index is 1.53. The van der Waals surface area contributed by atoms with Gasteiger partial charge in [-0.25, -0.2) is 4.98 Å². The summed E-state index contributed by atoms with van der Waals surface area (Å²) in [4.78, 5) is 17.7. The molecule has 5 aromatic rings. The zero-order valence-corrected chi connectivity index (χ0v) is 18.9. The second-order valence-corrected chi connectivity index (χ2v) is 7.97. The second kappa shape index (κ2) is 8.64. The zero-order chi connectivity index (χ0) is 23.7. The number of benzene rings is 2. The maximum absolute atomic E-state index is 9.02. The molecule has 2 aromatic carbocycles. The average Bonchev–Trinajstić information content (AvgIpc) is 3.23. The summed E-state index contributed by atoms with van der Waals surface area (Å²) >= 11 is 0. The van der Waals surface area contributed by atoms with Crippen LogP contribution in [0.4, 0.5) is 11.6 Å². The summed E-state index contributed by atoms with van der Waals surface area (Å²) in [5.41, 5.74) is 6.73. The smallest absolute Gasteiger partial charge is 0.250 e. The molecule has 0 fully saturated rings. The van der Waals surface area contributed by atoms with Crippen LogP contribution in [0.3, 0.4) is 0 Å². The summed E-state index contributed by atoms with van der Waals surface area (Å²) in [7, 11) is 1.88. The van der Waals surface area contributed by atoms with E-state index in [-0.39, 0.29) is 0 Å². The number of nitrogens with one attached hydrogen (secondary N) is 1. The fourth-order valence-electron chi connectivity index (χ4n) is 3.82. The lowest BCUT2D eigenvalue weighted by Gasteiger charge is -2.15. The van der Waals surface area contributed by atoms with Crippen molar-refractivity contribution in [1.82, 2.24) is 24.5 Å². The molecule has 0 bridgehead atoms. The van der Waals surface area contributed by atoms with Crippen LogP contribution in [0.1, 0.15) is 16.7 Å². The zero-order valence-electron chi connectivity index (χ0n) is 18.9. The van der Waals surface area contributed by atoms with E-state index in [4.69, 9.17) is 10.00 Å². The predicted octanol–water partition coefficient (Wildman–Crippen LogP) is 5.45. The Labute approximate surface area is 196 Å². The Hall–Kier alpha value is -4.77. The molecule has 0 saturated heterocycles. The van der Waals surface area contributed by atoms with E-state index in [0.717, 1.165) is 33.7 Å². The molecule has 0 radical (unpaired) electrons. The summed E-state index contributed by atoms with van der Waals surface area (Å²) in [5.74, 6) is 1.50. The van der Waals surface area contributed by atoms with Crippen LogP contribution < -0.4 is 10.1 Å². The van der Waals surface area contributed by atoms with Gasteiger partial charge in [-0.1, -0.05) is 0 Å². The van der Waals surface area contributed by atoms with Gasteiger partial charge in [-0.15, -0.1) is 0 Å². The molecular formula is C26H21N7O. The highest BCUT2D eigenvalue weighted by atomic mass is 16.5. The van der Waals surface area contributed by atoms with Crippen LogP contribution in [0, 0.1) is 25.2 Å². The number of anilines is 2. The molecule has 0 aliphatic heterocycles. The van der Waals surface area contributed by atoms with Crippen molar-refractivity contribution in [3.8, 4) is 28.8 Å². The average molecular weight is 448 g/mol. The largest absolute Gasteiger partial charge is 0.436 e. The van der Waals surface area contributed by atoms with Crippen molar-refractivity contribution in [3.05, 3.63) is 83.9 Å². The number of nitrogens with zero attached hydrogens (tertiary/aromatic N) is 6. The molecule has 3 heterocycles. The van der Waals surface area contributed by atoms with Crippen molar-refractivity contribution in [2.75, 3.05) is 5.32 Å². The number of pyridine rings is 1. The molecule has 0 saturated carbocycles. The number of hydrogen-bond acceptors (Lipinski definition) is 7. The maximum atomic E-state index is 9.02. The fourth-order valence-corrected chi connectivity index (χ4v) is 3.82. The molecule has 34 heavy (non-hydrogen) atoms. The van der Waals surface area contributed by atoms with Crippen LogP contribution >= 0.6 is 0 Å². The van der Waals surface area contributed by atoms with Crippen molar-refractivity contribution in [3.63, 3.8) is 0 Å². The first-order valence-electron chi connectivity index (χ1n) is 10.7. The predicted molar refractivity (Wildman–Crippen MR) is 130 cm³/mol. The summed E-state index contributed by atoms with van der Waals surface area (Å²) < 4.78 is 8.23. The molecule has 0 aliphatic carbocycles. The van der Waals surface area contributed by atoms with Gasteiger partial charge in [0, 0.05) is 25.1 Å². The third kappa shape index (κ3) is 4.02. The van der Waals surface area contributed by atoms with E-state index in [0.29, 0.717) is 28.6 Å². The number of fused-ring (bicyclic) bond motifs is 1. The molecule has 0 amide bonds. The quantitative estimate of drug-likeness (QED) is 0.382. The highest BCUT2D eigenvalue weighted by Gasteiger charge is 2.17. The molecule has 8 nitrogen and oxygen atoms in total. The number of aromatic nitrogens is 5. The summed E-state index contributed by atoms with van der Waals surface area (Å²) in [6.07, 6.45) is 5.25. The van der Waals surface area contributed by atoms with E-state index in [1.807, 2.05) is 37.6 Å². The molecule has 166 valence electrons. The molecule has 0 atom stereocenters. The minimum absolute atomic E-state index is 0.356. The van der Waals surface area contributed by atoms with Gasteiger partial charge in [-0.2, -0.15) is 15.2 Å². The minimum atomic E-state index is 0.356. The number of rotatable bonds is 5. The molecule has 0 spiro atoms. The molecule has 8 heteroatoms. The Morgan fingerprint density at radius 2 is 1.65 bits per heavy atom. The van der Waals surface area contributed by atoms with Crippen molar-refractivity contribution < 1.29 is 4.74 Å².